The average Bonchev–Trinajstić information content (AvgIpc) is 2.61. The zero-order valence-corrected chi connectivity index (χ0v) is 16.5. The van der Waals surface area contributed by atoms with Gasteiger partial charge in [0, 0.05) is 31.2 Å². The second kappa shape index (κ2) is 9.26. The second-order valence-corrected chi connectivity index (χ2v) is 7.62. The molecule has 2 amide bonds. The van der Waals surface area contributed by atoms with Gasteiger partial charge in [0.1, 0.15) is 5.69 Å². The van der Waals surface area contributed by atoms with E-state index < -0.39 is 0 Å². The van der Waals surface area contributed by atoms with E-state index in [1.165, 1.54) is 6.20 Å². The number of hydrogen-bond acceptors (Lipinski definition) is 4. The molecule has 0 atom stereocenters. The first-order chi connectivity index (χ1) is 12.7. The van der Waals surface area contributed by atoms with Gasteiger partial charge in [0.05, 0.1) is 11.9 Å². The van der Waals surface area contributed by atoms with Gasteiger partial charge in [0.2, 0.25) is 5.91 Å². The summed E-state index contributed by atoms with van der Waals surface area (Å²) in [6.45, 7) is 8.48. The smallest absolute Gasteiger partial charge is 0.274 e. The van der Waals surface area contributed by atoms with Crippen LogP contribution in [0.3, 0.4) is 0 Å². The first-order valence-electron chi connectivity index (χ1n) is 9.17. The van der Waals surface area contributed by atoms with E-state index in [4.69, 9.17) is 0 Å². The number of hydrogen-bond donors (Lipinski definition) is 1. The lowest BCUT2D eigenvalue weighted by atomic mass is 10.1. The molecule has 0 saturated heterocycles. The minimum absolute atomic E-state index is 0.0741. The van der Waals surface area contributed by atoms with Gasteiger partial charge in [-0.15, -0.1) is 0 Å². The topological polar surface area (TPSA) is 75.2 Å². The molecule has 1 aromatic carbocycles. The predicted molar refractivity (Wildman–Crippen MR) is 105 cm³/mol. The molecule has 0 aliphatic rings. The SMILES string of the molecule is Cc1cnc(C(=O)N(CCC(=O)NC(C)(C)C)CCc2ccccc2)cn1. The largest absolute Gasteiger partial charge is 0.351 e. The first kappa shape index (κ1) is 20.6. The van der Waals surface area contributed by atoms with Crippen molar-refractivity contribution in [1.29, 1.82) is 0 Å². The highest BCUT2D eigenvalue weighted by Gasteiger charge is 2.20. The highest BCUT2D eigenvalue weighted by Crippen LogP contribution is 2.07. The highest BCUT2D eigenvalue weighted by molar-refractivity contribution is 5.92. The molecular weight excluding hydrogens is 340 g/mol. The van der Waals surface area contributed by atoms with Crippen molar-refractivity contribution in [2.45, 2.75) is 46.1 Å². The van der Waals surface area contributed by atoms with E-state index in [1.54, 1.807) is 11.1 Å². The number of amides is 2. The Morgan fingerprint density at radius 3 is 2.33 bits per heavy atom. The highest BCUT2D eigenvalue weighted by atomic mass is 16.2. The van der Waals surface area contributed by atoms with Crippen LogP contribution < -0.4 is 5.32 Å². The number of carbonyl (C=O) groups excluding carboxylic acids is 2. The summed E-state index contributed by atoms with van der Waals surface area (Å²) < 4.78 is 0. The molecule has 0 aliphatic carbocycles. The Morgan fingerprint density at radius 1 is 1.04 bits per heavy atom. The van der Waals surface area contributed by atoms with Gasteiger partial charge in [-0.2, -0.15) is 0 Å². The average molecular weight is 368 g/mol. The minimum atomic E-state index is -0.293. The van der Waals surface area contributed by atoms with Crippen molar-refractivity contribution in [3.8, 4) is 0 Å². The van der Waals surface area contributed by atoms with E-state index in [-0.39, 0.29) is 23.8 Å². The lowest BCUT2D eigenvalue weighted by molar-refractivity contribution is -0.122. The fourth-order valence-corrected chi connectivity index (χ4v) is 2.61. The van der Waals surface area contributed by atoms with Crippen molar-refractivity contribution >= 4 is 11.8 Å². The van der Waals surface area contributed by atoms with Crippen molar-refractivity contribution < 1.29 is 9.59 Å². The number of nitrogens with zero attached hydrogens (tertiary/aromatic N) is 3. The van der Waals surface area contributed by atoms with Gasteiger partial charge < -0.3 is 10.2 Å². The van der Waals surface area contributed by atoms with Crippen LogP contribution in [0.2, 0.25) is 0 Å². The molecule has 2 rings (SSSR count). The van der Waals surface area contributed by atoms with Crippen LogP contribution in [0, 0.1) is 6.92 Å². The van der Waals surface area contributed by atoms with Gasteiger partial charge in [0.25, 0.3) is 5.91 Å². The molecular formula is C21H28N4O2. The third kappa shape index (κ3) is 7.17. The maximum absolute atomic E-state index is 12.9. The maximum Gasteiger partial charge on any atom is 0.274 e. The van der Waals surface area contributed by atoms with Crippen LogP contribution in [0.1, 0.15) is 48.9 Å². The zero-order chi connectivity index (χ0) is 19.9. The Balaban J connectivity index is 2.06. The van der Waals surface area contributed by atoms with Gasteiger partial charge in [-0.3, -0.25) is 14.6 Å². The molecule has 0 aliphatic heterocycles. The summed E-state index contributed by atoms with van der Waals surface area (Å²) in [5.41, 5.74) is 1.90. The molecule has 6 nitrogen and oxygen atoms in total. The molecule has 144 valence electrons. The van der Waals surface area contributed by atoms with E-state index in [0.717, 1.165) is 11.3 Å². The molecule has 1 N–H and O–H groups in total. The third-order valence-electron chi connectivity index (χ3n) is 3.92. The van der Waals surface area contributed by atoms with Gasteiger partial charge in [-0.25, -0.2) is 4.98 Å². The molecule has 0 bridgehead atoms. The summed E-state index contributed by atoms with van der Waals surface area (Å²) in [5, 5.41) is 2.93. The molecule has 0 fully saturated rings. The molecule has 1 heterocycles. The van der Waals surface area contributed by atoms with Crippen LogP contribution in [0.25, 0.3) is 0 Å². The van der Waals surface area contributed by atoms with Gasteiger partial charge >= 0.3 is 0 Å². The normalized spacial score (nSPS) is 11.1. The van der Waals surface area contributed by atoms with E-state index >= 15 is 0 Å². The number of benzene rings is 1. The van der Waals surface area contributed by atoms with Gasteiger partial charge in [-0.05, 0) is 39.7 Å². The summed E-state index contributed by atoms with van der Waals surface area (Å²) in [5.74, 6) is -0.281. The summed E-state index contributed by atoms with van der Waals surface area (Å²) in [7, 11) is 0. The number of nitrogens with one attached hydrogen (secondary N) is 1. The fourth-order valence-electron chi connectivity index (χ4n) is 2.61. The molecule has 2 aromatic rings. The Hall–Kier alpha value is -2.76. The summed E-state index contributed by atoms with van der Waals surface area (Å²) in [6.07, 6.45) is 4.03. The first-order valence-corrected chi connectivity index (χ1v) is 9.17. The predicted octanol–water partition coefficient (Wildman–Crippen LogP) is 2.77. The van der Waals surface area contributed by atoms with Crippen LogP contribution in [0.5, 0.6) is 0 Å². The van der Waals surface area contributed by atoms with Crippen LogP contribution in [0.15, 0.2) is 42.7 Å². The third-order valence-corrected chi connectivity index (χ3v) is 3.92. The van der Waals surface area contributed by atoms with Crippen molar-refractivity contribution in [2.75, 3.05) is 13.1 Å². The molecule has 27 heavy (non-hydrogen) atoms. The molecule has 0 radical (unpaired) electrons. The fraction of sp³-hybridized carbons (Fsp3) is 0.429. The monoisotopic (exact) mass is 368 g/mol. The van der Waals surface area contributed by atoms with E-state index in [9.17, 15) is 9.59 Å². The lowest BCUT2D eigenvalue weighted by Crippen LogP contribution is -2.43. The molecule has 6 heteroatoms. The molecule has 0 saturated carbocycles. The Morgan fingerprint density at radius 2 is 1.74 bits per heavy atom. The lowest BCUT2D eigenvalue weighted by Gasteiger charge is -2.24. The van der Waals surface area contributed by atoms with Crippen molar-refractivity contribution in [3.05, 3.63) is 59.7 Å². The quantitative estimate of drug-likeness (QED) is 0.815. The minimum Gasteiger partial charge on any atom is -0.351 e. The zero-order valence-electron chi connectivity index (χ0n) is 16.5. The maximum atomic E-state index is 12.9. The van der Waals surface area contributed by atoms with Gasteiger partial charge in [0.15, 0.2) is 0 Å². The van der Waals surface area contributed by atoms with Crippen LogP contribution >= 0.6 is 0 Å². The van der Waals surface area contributed by atoms with Crippen molar-refractivity contribution in [2.24, 2.45) is 0 Å². The number of carbonyl (C=O) groups is 2. The summed E-state index contributed by atoms with van der Waals surface area (Å²) in [4.78, 5) is 35.0. The molecule has 1 aromatic heterocycles. The number of aromatic nitrogens is 2. The Labute approximate surface area is 161 Å². The van der Waals surface area contributed by atoms with Crippen molar-refractivity contribution in [1.82, 2.24) is 20.2 Å². The van der Waals surface area contributed by atoms with E-state index in [1.807, 2.05) is 58.0 Å². The second-order valence-electron chi connectivity index (χ2n) is 7.62. The standard InChI is InChI=1S/C21H28N4O2/c1-16-14-23-18(15-22-16)20(27)25(12-10-17-8-6-5-7-9-17)13-11-19(26)24-21(2,3)4/h5-9,14-15H,10-13H2,1-4H3,(H,24,26). The van der Waals surface area contributed by atoms with E-state index in [0.29, 0.717) is 25.2 Å². The van der Waals surface area contributed by atoms with Gasteiger partial charge in [-0.1, -0.05) is 30.3 Å². The van der Waals surface area contributed by atoms with Crippen LogP contribution in [-0.2, 0) is 11.2 Å². The van der Waals surface area contributed by atoms with E-state index in [2.05, 4.69) is 15.3 Å². The summed E-state index contributed by atoms with van der Waals surface area (Å²) in [6, 6.07) is 9.97. The number of aryl methyl sites for hydroxylation is 1. The summed E-state index contributed by atoms with van der Waals surface area (Å²) >= 11 is 0. The Kier molecular flexibility index (Phi) is 7.05. The van der Waals surface area contributed by atoms with Crippen molar-refractivity contribution in [3.63, 3.8) is 0 Å². The van der Waals surface area contributed by atoms with Crippen LogP contribution in [-0.4, -0.2) is 45.3 Å². The number of rotatable bonds is 7. The van der Waals surface area contributed by atoms with Crippen LogP contribution in [0.4, 0.5) is 0 Å². The molecule has 0 spiro atoms. The molecule has 0 unspecified atom stereocenters. The Bertz CT molecular complexity index is 752.